The number of nitrogens with one attached hydrogen (secondary N) is 1. The molecule has 0 radical (unpaired) electrons. The van der Waals surface area contributed by atoms with E-state index in [1.54, 1.807) is 62.8 Å². The number of rotatable bonds is 10. The van der Waals surface area contributed by atoms with Crippen molar-refractivity contribution in [2.75, 3.05) is 19.5 Å². The topological polar surface area (TPSA) is 67.8 Å². The van der Waals surface area contributed by atoms with Gasteiger partial charge in [0.15, 0.2) is 0 Å². The normalized spacial score (nSPS) is 12.6. The van der Waals surface area contributed by atoms with Gasteiger partial charge in [0.05, 0.1) is 26.2 Å². The lowest BCUT2D eigenvalue weighted by molar-refractivity contribution is -0.123. The van der Waals surface area contributed by atoms with Crippen LogP contribution in [0.1, 0.15) is 30.1 Å². The van der Waals surface area contributed by atoms with Crippen molar-refractivity contribution < 1.29 is 19.4 Å². The van der Waals surface area contributed by atoms with Crippen molar-refractivity contribution in [1.29, 1.82) is 0 Å². The van der Waals surface area contributed by atoms with Gasteiger partial charge in [0.1, 0.15) is 11.5 Å². The van der Waals surface area contributed by atoms with E-state index in [1.165, 1.54) is 5.56 Å². The maximum absolute atomic E-state index is 13.1. The minimum absolute atomic E-state index is 0.207. The molecule has 0 spiro atoms. The van der Waals surface area contributed by atoms with Crippen LogP contribution in [0.5, 0.6) is 11.5 Å². The molecule has 1 amide bonds. The van der Waals surface area contributed by atoms with Gasteiger partial charge in [0.2, 0.25) is 5.91 Å². The zero-order valence-corrected chi connectivity index (χ0v) is 18.0. The predicted molar refractivity (Wildman–Crippen MR) is 122 cm³/mol. The number of aliphatic hydroxyl groups excluding tert-OH is 1. The number of aryl methyl sites for hydroxylation is 1. The van der Waals surface area contributed by atoms with E-state index in [2.05, 4.69) is 17.4 Å². The fourth-order valence-electron chi connectivity index (χ4n) is 3.55. The molecular formula is C26H29NO4. The summed E-state index contributed by atoms with van der Waals surface area (Å²) in [5, 5.41) is 14.0. The summed E-state index contributed by atoms with van der Waals surface area (Å²) < 4.78 is 10.4. The Morgan fingerprint density at radius 1 is 0.871 bits per heavy atom. The fraction of sp³-hybridized carbons (Fsp3) is 0.269. The molecule has 0 saturated carbocycles. The quantitative estimate of drug-likeness (QED) is 0.484. The van der Waals surface area contributed by atoms with Crippen molar-refractivity contribution >= 4 is 11.6 Å². The average molecular weight is 420 g/mol. The number of carbonyl (C=O) groups is 1. The summed E-state index contributed by atoms with van der Waals surface area (Å²) in [6.07, 6.45) is 1.28. The second kappa shape index (κ2) is 11.2. The summed E-state index contributed by atoms with van der Waals surface area (Å²) in [5.41, 5.74) is 2.58. The number of methoxy groups -OCH3 is 2. The zero-order valence-electron chi connectivity index (χ0n) is 18.0. The Balaban J connectivity index is 1.73. The highest BCUT2D eigenvalue weighted by atomic mass is 16.5. The van der Waals surface area contributed by atoms with Crippen LogP contribution in [0.4, 0.5) is 5.69 Å². The lowest BCUT2D eigenvalue weighted by Gasteiger charge is -2.23. The Bertz CT molecular complexity index is 939. The summed E-state index contributed by atoms with van der Waals surface area (Å²) in [5.74, 6) is 0.635. The number of anilines is 1. The first-order valence-electron chi connectivity index (χ1n) is 10.4. The van der Waals surface area contributed by atoms with E-state index in [0.717, 1.165) is 18.6 Å². The van der Waals surface area contributed by atoms with Gasteiger partial charge in [0.25, 0.3) is 0 Å². The van der Waals surface area contributed by atoms with E-state index in [-0.39, 0.29) is 5.91 Å². The molecule has 0 aliphatic carbocycles. The van der Waals surface area contributed by atoms with Crippen LogP contribution in [0.15, 0.2) is 78.9 Å². The lowest BCUT2D eigenvalue weighted by atomic mass is 9.89. The Labute approximate surface area is 183 Å². The van der Waals surface area contributed by atoms with E-state index < -0.39 is 12.0 Å². The molecule has 0 aromatic heterocycles. The predicted octanol–water partition coefficient (Wildman–Crippen LogP) is 5.02. The number of hydrogen-bond acceptors (Lipinski definition) is 4. The molecule has 2 atom stereocenters. The first-order chi connectivity index (χ1) is 15.1. The van der Waals surface area contributed by atoms with Gasteiger partial charge in [-0.15, -0.1) is 0 Å². The van der Waals surface area contributed by atoms with E-state index in [1.807, 2.05) is 18.2 Å². The summed E-state index contributed by atoms with van der Waals surface area (Å²) in [6, 6.07) is 24.5. The van der Waals surface area contributed by atoms with E-state index >= 15 is 0 Å². The Morgan fingerprint density at radius 3 is 2.03 bits per heavy atom. The molecule has 5 heteroatoms. The molecule has 162 valence electrons. The van der Waals surface area contributed by atoms with E-state index in [0.29, 0.717) is 23.4 Å². The summed E-state index contributed by atoms with van der Waals surface area (Å²) >= 11 is 0. The van der Waals surface area contributed by atoms with Gasteiger partial charge in [-0.2, -0.15) is 0 Å². The van der Waals surface area contributed by atoms with Gasteiger partial charge in [-0.05, 0) is 66.8 Å². The fourth-order valence-corrected chi connectivity index (χ4v) is 3.55. The van der Waals surface area contributed by atoms with E-state index in [9.17, 15) is 9.90 Å². The maximum atomic E-state index is 13.1. The summed E-state index contributed by atoms with van der Waals surface area (Å²) in [7, 11) is 3.20. The molecule has 0 aliphatic rings. The number of benzene rings is 3. The molecule has 2 unspecified atom stereocenters. The number of amides is 1. The monoisotopic (exact) mass is 419 g/mol. The number of carbonyl (C=O) groups excluding carboxylic acids is 1. The minimum atomic E-state index is -0.917. The highest BCUT2D eigenvalue weighted by Crippen LogP contribution is 2.29. The van der Waals surface area contributed by atoms with Gasteiger partial charge < -0.3 is 19.9 Å². The molecule has 0 saturated heterocycles. The van der Waals surface area contributed by atoms with Crippen molar-refractivity contribution in [2.45, 2.75) is 25.4 Å². The van der Waals surface area contributed by atoms with Gasteiger partial charge in [-0.1, -0.05) is 42.5 Å². The van der Waals surface area contributed by atoms with Crippen LogP contribution in [-0.2, 0) is 11.2 Å². The molecule has 0 bridgehead atoms. The number of aliphatic hydroxyl groups is 1. The van der Waals surface area contributed by atoms with Crippen molar-refractivity contribution in [1.82, 2.24) is 0 Å². The molecule has 31 heavy (non-hydrogen) atoms. The van der Waals surface area contributed by atoms with Crippen LogP contribution < -0.4 is 14.8 Å². The van der Waals surface area contributed by atoms with Gasteiger partial charge in [0, 0.05) is 5.69 Å². The first kappa shape index (κ1) is 22.4. The van der Waals surface area contributed by atoms with Gasteiger partial charge in [-0.25, -0.2) is 0 Å². The van der Waals surface area contributed by atoms with Crippen molar-refractivity contribution in [3.05, 3.63) is 90.0 Å². The Morgan fingerprint density at radius 2 is 1.45 bits per heavy atom. The molecule has 3 rings (SSSR count). The minimum Gasteiger partial charge on any atom is -0.497 e. The maximum Gasteiger partial charge on any atom is 0.230 e. The second-order valence-electron chi connectivity index (χ2n) is 7.42. The molecule has 2 N–H and O–H groups in total. The standard InChI is InChI=1S/C26H29NO4/c1-30-22-15-11-20(12-16-22)25(28)24(10-6-9-19-7-4-3-5-8-19)26(29)27-21-13-17-23(31-2)18-14-21/h3-5,7-8,11-18,24-25,28H,6,9-10H2,1-2H3,(H,27,29). The zero-order chi connectivity index (χ0) is 22.1. The highest BCUT2D eigenvalue weighted by molar-refractivity contribution is 5.93. The van der Waals surface area contributed by atoms with Crippen LogP contribution >= 0.6 is 0 Å². The van der Waals surface area contributed by atoms with Crippen LogP contribution in [0, 0.1) is 5.92 Å². The molecule has 3 aromatic carbocycles. The average Bonchev–Trinajstić information content (AvgIpc) is 2.82. The van der Waals surface area contributed by atoms with Crippen LogP contribution in [0.3, 0.4) is 0 Å². The van der Waals surface area contributed by atoms with Crippen molar-refractivity contribution in [3.63, 3.8) is 0 Å². The second-order valence-corrected chi connectivity index (χ2v) is 7.42. The third-order valence-electron chi connectivity index (χ3n) is 5.36. The number of ether oxygens (including phenoxy) is 2. The van der Waals surface area contributed by atoms with Crippen LogP contribution in [-0.4, -0.2) is 25.2 Å². The Hall–Kier alpha value is -3.31. The summed E-state index contributed by atoms with van der Waals surface area (Å²) in [4.78, 5) is 13.1. The molecular weight excluding hydrogens is 390 g/mol. The third-order valence-corrected chi connectivity index (χ3v) is 5.36. The molecule has 3 aromatic rings. The highest BCUT2D eigenvalue weighted by Gasteiger charge is 2.28. The number of hydrogen-bond donors (Lipinski definition) is 2. The van der Waals surface area contributed by atoms with Gasteiger partial charge >= 0.3 is 0 Å². The van der Waals surface area contributed by atoms with Crippen molar-refractivity contribution in [2.24, 2.45) is 5.92 Å². The smallest absolute Gasteiger partial charge is 0.230 e. The summed E-state index contributed by atoms with van der Waals surface area (Å²) in [6.45, 7) is 0. The van der Waals surface area contributed by atoms with Gasteiger partial charge in [-0.3, -0.25) is 4.79 Å². The van der Waals surface area contributed by atoms with Crippen LogP contribution in [0.2, 0.25) is 0 Å². The largest absolute Gasteiger partial charge is 0.497 e. The molecule has 0 heterocycles. The molecule has 0 aliphatic heterocycles. The third kappa shape index (κ3) is 6.33. The first-order valence-corrected chi connectivity index (χ1v) is 10.4. The lowest BCUT2D eigenvalue weighted by Crippen LogP contribution is -2.28. The SMILES string of the molecule is COc1ccc(NC(=O)C(CCCc2ccccc2)C(O)c2ccc(OC)cc2)cc1. The molecule has 0 fully saturated rings. The van der Waals surface area contributed by atoms with Crippen molar-refractivity contribution in [3.8, 4) is 11.5 Å². The molecule has 5 nitrogen and oxygen atoms in total. The Kier molecular flexibility index (Phi) is 8.07. The van der Waals surface area contributed by atoms with E-state index in [4.69, 9.17) is 9.47 Å². The van der Waals surface area contributed by atoms with Crippen LogP contribution in [0.25, 0.3) is 0 Å².